The average Bonchev–Trinajstić information content (AvgIpc) is 2.45. The molecule has 0 spiro atoms. The Hall–Kier alpha value is -1.69. The second-order valence-corrected chi connectivity index (χ2v) is 5.14. The Labute approximate surface area is 127 Å². The lowest BCUT2D eigenvalue weighted by Crippen LogP contribution is -2.05. The molecule has 2 heterocycles. The van der Waals surface area contributed by atoms with Gasteiger partial charge in [0.1, 0.15) is 17.4 Å². The van der Waals surface area contributed by atoms with Crippen molar-refractivity contribution in [1.82, 2.24) is 15.0 Å². The van der Waals surface area contributed by atoms with Crippen molar-refractivity contribution >= 4 is 21.7 Å². The minimum Gasteiger partial charge on any atom is -0.437 e. The zero-order valence-electron chi connectivity index (χ0n) is 11.6. The van der Waals surface area contributed by atoms with Crippen molar-refractivity contribution in [1.29, 1.82) is 0 Å². The monoisotopic (exact) mass is 336 g/mol. The Balaban J connectivity index is 2.21. The zero-order chi connectivity index (χ0) is 14.4. The van der Waals surface area contributed by atoms with Gasteiger partial charge >= 0.3 is 0 Å². The first-order chi connectivity index (χ1) is 9.71. The molecule has 2 rings (SSSR count). The van der Waals surface area contributed by atoms with Crippen LogP contribution in [0.2, 0.25) is 0 Å². The molecular formula is C14H17BrN4O. The molecule has 2 aromatic rings. The fourth-order valence-electron chi connectivity index (χ4n) is 1.60. The van der Waals surface area contributed by atoms with Crippen LogP contribution in [0, 0.1) is 0 Å². The van der Waals surface area contributed by atoms with Gasteiger partial charge in [0.25, 0.3) is 0 Å². The van der Waals surface area contributed by atoms with Crippen molar-refractivity contribution in [3.05, 3.63) is 34.8 Å². The van der Waals surface area contributed by atoms with Crippen LogP contribution in [0.3, 0.4) is 0 Å². The second-order valence-electron chi connectivity index (χ2n) is 4.23. The number of rotatable bonds is 6. The standard InChI is InChI=1S/C14H17BrN4O/c1-3-5-17-13-7-14(19-12(4-2)18-13)20-11-6-10(15)8-16-9-11/h6-9H,3-5H2,1-2H3,(H,17,18,19). The smallest absolute Gasteiger partial charge is 0.224 e. The summed E-state index contributed by atoms with van der Waals surface area (Å²) in [4.78, 5) is 12.9. The first-order valence-electron chi connectivity index (χ1n) is 6.61. The zero-order valence-corrected chi connectivity index (χ0v) is 13.1. The molecule has 0 atom stereocenters. The first-order valence-corrected chi connectivity index (χ1v) is 7.40. The molecule has 0 unspecified atom stereocenters. The second kappa shape index (κ2) is 7.19. The number of pyridine rings is 1. The molecule has 0 aliphatic carbocycles. The molecule has 0 aliphatic rings. The molecule has 1 N–H and O–H groups in total. The van der Waals surface area contributed by atoms with E-state index in [0.717, 1.165) is 35.5 Å². The fourth-order valence-corrected chi connectivity index (χ4v) is 1.94. The lowest BCUT2D eigenvalue weighted by molar-refractivity contribution is 0.456. The van der Waals surface area contributed by atoms with Crippen LogP contribution < -0.4 is 10.1 Å². The Morgan fingerprint density at radius 3 is 2.75 bits per heavy atom. The van der Waals surface area contributed by atoms with Crippen LogP contribution in [-0.2, 0) is 6.42 Å². The topological polar surface area (TPSA) is 59.9 Å². The van der Waals surface area contributed by atoms with Gasteiger partial charge in [0.2, 0.25) is 5.88 Å². The van der Waals surface area contributed by atoms with E-state index in [1.807, 2.05) is 13.0 Å². The van der Waals surface area contributed by atoms with E-state index in [0.29, 0.717) is 11.6 Å². The highest BCUT2D eigenvalue weighted by molar-refractivity contribution is 9.10. The van der Waals surface area contributed by atoms with Crippen LogP contribution in [0.15, 0.2) is 29.0 Å². The predicted molar refractivity (Wildman–Crippen MR) is 82.2 cm³/mol. The van der Waals surface area contributed by atoms with E-state index >= 15 is 0 Å². The van der Waals surface area contributed by atoms with Gasteiger partial charge in [-0.05, 0) is 28.4 Å². The highest BCUT2D eigenvalue weighted by atomic mass is 79.9. The molecule has 5 nitrogen and oxygen atoms in total. The summed E-state index contributed by atoms with van der Waals surface area (Å²) in [7, 11) is 0. The number of aryl methyl sites for hydroxylation is 1. The number of nitrogens with one attached hydrogen (secondary N) is 1. The summed E-state index contributed by atoms with van der Waals surface area (Å²) in [6.07, 6.45) is 5.15. The molecule has 0 saturated heterocycles. The van der Waals surface area contributed by atoms with Gasteiger partial charge in [0.05, 0.1) is 6.20 Å². The highest BCUT2D eigenvalue weighted by Crippen LogP contribution is 2.23. The summed E-state index contributed by atoms with van der Waals surface area (Å²) in [5.41, 5.74) is 0. The summed E-state index contributed by atoms with van der Waals surface area (Å²) in [5.74, 6) is 2.71. The minimum atomic E-state index is 0.523. The molecule has 6 heteroatoms. The largest absolute Gasteiger partial charge is 0.437 e. The molecule has 0 radical (unpaired) electrons. The molecule has 0 aliphatic heterocycles. The summed E-state index contributed by atoms with van der Waals surface area (Å²) >= 11 is 3.36. The Bertz CT molecular complexity index is 577. The number of ether oxygens (including phenoxy) is 1. The molecule has 2 aromatic heterocycles. The van der Waals surface area contributed by atoms with E-state index in [4.69, 9.17) is 4.74 Å². The first kappa shape index (κ1) is 14.7. The van der Waals surface area contributed by atoms with Crippen LogP contribution in [0.25, 0.3) is 0 Å². The van der Waals surface area contributed by atoms with Gasteiger partial charge in [-0.3, -0.25) is 4.98 Å². The van der Waals surface area contributed by atoms with Gasteiger partial charge in [0, 0.05) is 29.7 Å². The maximum Gasteiger partial charge on any atom is 0.224 e. The van der Waals surface area contributed by atoms with E-state index in [9.17, 15) is 0 Å². The third-order valence-corrected chi connectivity index (χ3v) is 2.96. The normalized spacial score (nSPS) is 10.3. The van der Waals surface area contributed by atoms with Gasteiger partial charge in [-0.15, -0.1) is 0 Å². The quantitative estimate of drug-likeness (QED) is 0.869. The van der Waals surface area contributed by atoms with Gasteiger partial charge in [-0.2, -0.15) is 4.98 Å². The highest BCUT2D eigenvalue weighted by Gasteiger charge is 2.06. The molecule has 0 fully saturated rings. The molecule has 106 valence electrons. The summed E-state index contributed by atoms with van der Waals surface area (Å²) in [6.45, 7) is 5.00. The van der Waals surface area contributed by atoms with Crippen LogP contribution in [0.5, 0.6) is 11.6 Å². The molecule has 0 bridgehead atoms. The van der Waals surface area contributed by atoms with Gasteiger partial charge < -0.3 is 10.1 Å². The molecular weight excluding hydrogens is 320 g/mol. The molecule has 0 saturated carbocycles. The Morgan fingerprint density at radius 1 is 1.20 bits per heavy atom. The molecule has 0 amide bonds. The van der Waals surface area contributed by atoms with E-state index in [2.05, 4.69) is 43.1 Å². The van der Waals surface area contributed by atoms with Crippen molar-refractivity contribution in [2.45, 2.75) is 26.7 Å². The van der Waals surface area contributed by atoms with Crippen molar-refractivity contribution in [3.63, 3.8) is 0 Å². The maximum atomic E-state index is 5.74. The fraction of sp³-hybridized carbons (Fsp3) is 0.357. The number of hydrogen-bond donors (Lipinski definition) is 1. The summed E-state index contributed by atoms with van der Waals surface area (Å²) < 4.78 is 6.60. The van der Waals surface area contributed by atoms with E-state index in [1.165, 1.54) is 0 Å². The van der Waals surface area contributed by atoms with Gasteiger partial charge in [-0.1, -0.05) is 13.8 Å². The lowest BCUT2D eigenvalue weighted by atomic mass is 10.4. The average molecular weight is 337 g/mol. The van der Waals surface area contributed by atoms with Crippen molar-refractivity contribution in [2.24, 2.45) is 0 Å². The Morgan fingerprint density at radius 2 is 2.05 bits per heavy atom. The molecule has 20 heavy (non-hydrogen) atoms. The van der Waals surface area contributed by atoms with Crippen LogP contribution in [0.1, 0.15) is 26.1 Å². The van der Waals surface area contributed by atoms with Gasteiger partial charge in [-0.25, -0.2) is 4.98 Å². The number of hydrogen-bond acceptors (Lipinski definition) is 5. The van der Waals surface area contributed by atoms with E-state index in [1.54, 1.807) is 18.5 Å². The summed E-state index contributed by atoms with van der Waals surface area (Å²) in [5, 5.41) is 3.25. The number of aromatic nitrogens is 3. The molecule has 0 aromatic carbocycles. The third kappa shape index (κ3) is 4.16. The van der Waals surface area contributed by atoms with Crippen molar-refractivity contribution in [3.8, 4) is 11.6 Å². The third-order valence-electron chi connectivity index (χ3n) is 2.52. The predicted octanol–water partition coefficient (Wildman–Crippen LogP) is 3.81. The summed E-state index contributed by atoms with van der Waals surface area (Å²) in [6, 6.07) is 3.65. The SMILES string of the molecule is CCCNc1cc(Oc2cncc(Br)c2)nc(CC)n1. The van der Waals surface area contributed by atoms with Crippen LogP contribution in [0.4, 0.5) is 5.82 Å². The number of anilines is 1. The van der Waals surface area contributed by atoms with Crippen LogP contribution >= 0.6 is 15.9 Å². The van der Waals surface area contributed by atoms with E-state index < -0.39 is 0 Å². The number of nitrogens with zero attached hydrogens (tertiary/aromatic N) is 3. The maximum absolute atomic E-state index is 5.74. The van der Waals surface area contributed by atoms with Crippen molar-refractivity contribution in [2.75, 3.05) is 11.9 Å². The lowest BCUT2D eigenvalue weighted by Gasteiger charge is -2.09. The number of halogens is 1. The minimum absolute atomic E-state index is 0.523. The van der Waals surface area contributed by atoms with E-state index in [-0.39, 0.29) is 0 Å². The van der Waals surface area contributed by atoms with Crippen molar-refractivity contribution < 1.29 is 4.74 Å². The van der Waals surface area contributed by atoms with Gasteiger partial charge in [0.15, 0.2) is 0 Å². The van der Waals surface area contributed by atoms with Crippen LogP contribution in [-0.4, -0.2) is 21.5 Å². The Kier molecular flexibility index (Phi) is 5.29.